The van der Waals surface area contributed by atoms with Crippen LogP contribution in [0.3, 0.4) is 0 Å². The van der Waals surface area contributed by atoms with Gasteiger partial charge in [-0.25, -0.2) is 14.4 Å². The molecule has 0 bridgehead atoms. The van der Waals surface area contributed by atoms with Crippen LogP contribution in [0.5, 0.6) is 0 Å². The Bertz CT molecular complexity index is 1100. The van der Waals surface area contributed by atoms with Crippen molar-refractivity contribution < 1.29 is 13.9 Å². The fourth-order valence-electron chi connectivity index (χ4n) is 3.75. The topological polar surface area (TPSA) is 72.3 Å². The number of nitrogens with one attached hydrogen (secondary N) is 1. The van der Waals surface area contributed by atoms with Crippen LogP contribution in [-0.4, -0.2) is 63.4 Å². The van der Waals surface area contributed by atoms with E-state index < -0.39 is 11.6 Å². The van der Waals surface area contributed by atoms with E-state index in [1.165, 1.54) is 0 Å². The van der Waals surface area contributed by atoms with Crippen LogP contribution in [0.2, 0.25) is 0 Å². The molecule has 1 aromatic carbocycles. The summed E-state index contributed by atoms with van der Waals surface area (Å²) in [6.07, 6.45) is 3.66. The molecule has 4 rings (SSSR count). The Morgan fingerprint density at radius 3 is 2.68 bits per heavy atom. The summed E-state index contributed by atoms with van der Waals surface area (Å²) in [5.41, 5.74) is 0.113. The van der Waals surface area contributed by atoms with Gasteiger partial charge in [-0.05, 0) is 38.3 Å². The lowest BCUT2D eigenvalue weighted by atomic mass is 9.95. The predicted octanol–water partition coefficient (Wildman–Crippen LogP) is 3.33. The normalized spacial score (nSPS) is 15.9. The Balaban J connectivity index is 1.44. The molecule has 0 spiro atoms. The molecule has 0 atom stereocenters. The largest absolute Gasteiger partial charge is 0.377 e. The van der Waals surface area contributed by atoms with Crippen molar-refractivity contribution in [3.8, 4) is 11.3 Å². The standard InChI is InChI=1S/C23H28FN5O2/c1-15(2)31-8-7-29-13-23(24,14-29)22(30)27-21-10-19-9-17(5-6-18(19)11-26-21)20-12-25-16(3)28(20)4/h5-6,9-12,15H,7-8,13-14H2,1-4H3,(H,26,27,30). The molecular weight excluding hydrogens is 397 g/mol. The van der Waals surface area contributed by atoms with Gasteiger partial charge in [0.25, 0.3) is 5.91 Å². The number of pyridine rings is 1. The quantitative estimate of drug-likeness (QED) is 0.629. The number of halogens is 1. The molecule has 1 amide bonds. The summed E-state index contributed by atoms with van der Waals surface area (Å²) < 4.78 is 22.4. The maximum absolute atomic E-state index is 14.9. The molecule has 7 nitrogen and oxygen atoms in total. The Hall–Kier alpha value is -2.84. The van der Waals surface area contributed by atoms with E-state index >= 15 is 0 Å². The van der Waals surface area contributed by atoms with Gasteiger partial charge >= 0.3 is 0 Å². The number of hydrogen-bond donors (Lipinski definition) is 1. The molecule has 0 aliphatic carbocycles. The maximum Gasteiger partial charge on any atom is 0.265 e. The maximum atomic E-state index is 14.9. The minimum Gasteiger partial charge on any atom is -0.377 e. The van der Waals surface area contributed by atoms with Crippen molar-refractivity contribution in [2.24, 2.45) is 7.05 Å². The third-order valence-electron chi connectivity index (χ3n) is 5.69. The van der Waals surface area contributed by atoms with Crippen molar-refractivity contribution in [2.45, 2.75) is 32.5 Å². The summed E-state index contributed by atoms with van der Waals surface area (Å²) in [5.74, 6) is 0.615. The molecule has 3 aromatic rings. The average molecular weight is 426 g/mol. The number of amides is 1. The second kappa shape index (κ2) is 8.36. The number of rotatable bonds is 7. The molecule has 1 saturated heterocycles. The number of aryl methyl sites for hydroxylation is 1. The zero-order valence-electron chi connectivity index (χ0n) is 18.4. The van der Waals surface area contributed by atoms with Crippen LogP contribution in [0.1, 0.15) is 19.7 Å². The minimum atomic E-state index is -1.90. The van der Waals surface area contributed by atoms with Gasteiger partial charge in [0.2, 0.25) is 5.67 Å². The highest BCUT2D eigenvalue weighted by Gasteiger charge is 2.49. The van der Waals surface area contributed by atoms with E-state index in [0.29, 0.717) is 19.0 Å². The van der Waals surface area contributed by atoms with Gasteiger partial charge in [-0.15, -0.1) is 0 Å². The molecule has 2 aromatic heterocycles. The first-order valence-corrected chi connectivity index (χ1v) is 10.5. The average Bonchev–Trinajstić information content (AvgIpc) is 3.04. The number of fused-ring (bicyclic) bond motifs is 1. The highest BCUT2D eigenvalue weighted by atomic mass is 19.1. The molecular formula is C23H28FN5O2. The van der Waals surface area contributed by atoms with E-state index in [1.807, 2.05) is 61.7 Å². The summed E-state index contributed by atoms with van der Waals surface area (Å²) in [4.78, 5) is 23.0. The van der Waals surface area contributed by atoms with Crippen LogP contribution in [0.4, 0.5) is 10.2 Å². The number of carbonyl (C=O) groups excluding carboxylic acids is 1. The Kier molecular flexibility index (Phi) is 5.77. The second-order valence-electron chi connectivity index (χ2n) is 8.43. The number of imidazole rings is 1. The summed E-state index contributed by atoms with van der Waals surface area (Å²) in [6, 6.07) is 7.79. The smallest absolute Gasteiger partial charge is 0.265 e. The fraction of sp³-hybridized carbons (Fsp3) is 0.435. The minimum absolute atomic E-state index is 0.0673. The van der Waals surface area contributed by atoms with E-state index in [9.17, 15) is 9.18 Å². The lowest BCUT2D eigenvalue weighted by Crippen LogP contribution is -2.65. The van der Waals surface area contributed by atoms with Gasteiger partial charge in [0, 0.05) is 43.8 Å². The zero-order valence-corrected chi connectivity index (χ0v) is 18.4. The Morgan fingerprint density at radius 1 is 1.23 bits per heavy atom. The first-order chi connectivity index (χ1) is 14.7. The molecule has 8 heteroatoms. The molecule has 0 saturated carbocycles. The van der Waals surface area contributed by atoms with E-state index in [-0.39, 0.29) is 19.2 Å². The first kappa shape index (κ1) is 21.4. The van der Waals surface area contributed by atoms with Crippen LogP contribution in [0.15, 0.2) is 36.7 Å². The van der Waals surface area contributed by atoms with Gasteiger partial charge in [-0.1, -0.05) is 12.1 Å². The molecule has 1 aliphatic heterocycles. The number of alkyl halides is 1. The molecule has 1 aliphatic rings. The summed E-state index contributed by atoms with van der Waals surface area (Å²) in [5, 5.41) is 4.50. The number of aromatic nitrogens is 3. The fourth-order valence-corrected chi connectivity index (χ4v) is 3.75. The van der Waals surface area contributed by atoms with Crippen LogP contribution < -0.4 is 5.32 Å². The molecule has 0 unspecified atom stereocenters. The lowest BCUT2D eigenvalue weighted by molar-refractivity contribution is -0.140. The second-order valence-corrected chi connectivity index (χ2v) is 8.43. The van der Waals surface area contributed by atoms with Gasteiger partial charge < -0.3 is 14.6 Å². The summed E-state index contributed by atoms with van der Waals surface area (Å²) in [7, 11) is 1.97. The van der Waals surface area contributed by atoms with Gasteiger partial charge in [0.15, 0.2) is 0 Å². The number of nitrogens with zero attached hydrogens (tertiary/aromatic N) is 4. The number of carbonyl (C=O) groups is 1. The molecule has 31 heavy (non-hydrogen) atoms. The van der Waals surface area contributed by atoms with E-state index in [4.69, 9.17) is 4.74 Å². The first-order valence-electron chi connectivity index (χ1n) is 10.5. The zero-order chi connectivity index (χ0) is 22.2. The van der Waals surface area contributed by atoms with Crippen molar-refractivity contribution in [1.29, 1.82) is 0 Å². The van der Waals surface area contributed by atoms with Crippen molar-refractivity contribution in [3.63, 3.8) is 0 Å². The van der Waals surface area contributed by atoms with Crippen molar-refractivity contribution >= 4 is 22.5 Å². The summed E-state index contributed by atoms with van der Waals surface area (Å²) >= 11 is 0. The van der Waals surface area contributed by atoms with Crippen molar-refractivity contribution in [2.75, 3.05) is 31.6 Å². The molecule has 3 heterocycles. The van der Waals surface area contributed by atoms with Gasteiger partial charge in [-0.3, -0.25) is 9.69 Å². The van der Waals surface area contributed by atoms with E-state index in [2.05, 4.69) is 15.3 Å². The highest BCUT2D eigenvalue weighted by molar-refractivity contribution is 5.99. The van der Waals surface area contributed by atoms with Gasteiger partial charge in [0.05, 0.1) is 24.6 Å². The van der Waals surface area contributed by atoms with Crippen molar-refractivity contribution in [1.82, 2.24) is 19.4 Å². The number of anilines is 1. The molecule has 1 N–H and O–H groups in total. The number of benzene rings is 1. The SMILES string of the molecule is Cc1ncc(-c2ccc3cnc(NC(=O)C4(F)CN(CCOC(C)C)C4)cc3c2)n1C. The van der Waals surface area contributed by atoms with E-state index in [0.717, 1.165) is 27.9 Å². The Labute approximate surface area is 181 Å². The Morgan fingerprint density at radius 2 is 2.00 bits per heavy atom. The van der Waals surface area contributed by atoms with Crippen LogP contribution in [0.25, 0.3) is 22.0 Å². The van der Waals surface area contributed by atoms with E-state index in [1.54, 1.807) is 12.3 Å². The van der Waals surface area contributed by atoms with Crippen molar-refractivity contribution in [3.05, 3.63) is 42.5 Å². The lowest BCUT2D eigenvalue weighted by Gasteiger charge is -2.42. The third kappa shape index (κ3) is 4.45. The summed E-state index contributed by atoms with van der Waals surface area (Å²) in [6.45, 7) is 7.14. The molecule has 0 radical (unpaired) electrons. The number of likely N-dealkylation sites (tertiary alicyclic amines) is 1. The van der Waals surface area contributed by atoms with Gasteiger partial charge in [0.1, 0.15) is 11.6 Å². The van der Waals surface area contributed by atoms with Crippen LogP contribution in [0, 0.1) is 6.92 Å². The number of ether oxygens (including phenoxy) is 1. The predicted molar refractivity (Wildman–Crippen MR) is 119 cm³/mol. The van der Waals surface area contributed by atoms with Crippen LogP contribution in [-0.2, 0) is 16.6 Å². The van der Waals surface area contributed by atoms with Crippen LogP contribution >= 0.6 is 0 Å². The monoisotopic (exact) mass is 425 g/mol. The molecule has 164 valence electrons. The molecule has 1 fully saturated rings. The van der Waals surface area contributed by atoms with Gasteiger partial charge in [-0.2, -0.15) is 0 Å². The highest BCUT2D eigenvalue weighted by Crippen LogP contribution is 2.28. The third-order valence-corrected chi connectivity index (χ3v) is 5.69. The number of hydrogen-bond acceptors (Lipinski definition) is 5.